The Kier molecular flexibility index (Phi) is 6.96. The molecule has 1 saturated heterocycles. The van der Waals surface area contributed by atoms with E-state index in [1.165, 1.54) is 25.3 Å². The van der Waals surface area contributed by atoms with Crippen LogP contribution in [0.4, 0.5) is 15.8 Å². The maximum absolute atomic E-state index is 13.9. The minimum absolute atomic E-state index is 0.135. The molecule has 2 aromatic rings. The first-order valence-electron chi connectivity index (χ1n) is 9.72. The Morgan fingerprint density at radius 3 is 2.57 bits per heavy atom. The van der Waals surface area contributed by atoms with Gasteiger partial charge in [0.05, 0.1) is 24.1 Å². The molecule has 1 heterocycles. The fourth-order valence-corrected chi connectivity index (χ4v) is 3.47. The Balaban J connectivity index is 1.57. The second-order valence-corrected chi connectivity index (χ2v) is 7.21. The summed E-state index contributed by atoms with van der Waals surface area (Å²) in [5.74, 6) is -0.182. The lowest BCUT2D eigenvalue weighted by Gasteiger charge is -2.37. The first-order valence-corrected chi connectivity index (χ1v) is 9.72. The zero-order chi connectivity index (χ0) is 21.7. The number of piperazine rings is 1. The monoisotopic (exact) mass is 416 g/mol. The summed E-state index contributed by atoms with van der Waals surface area (Å²) >= 11 is 0. The molecule has 1 aliphatic heterocycles. The van der Waals surface area contributed by atoms with E-state index in [0.717, 1.165) is 0 Å². The van der Waals surface area contributed by atoms with E-state index in [2.05, 4.69) is 10.2 Å². The first kappa shape index (κ1) is 21.7. The Morgan fingerprint density at radius 2 is 1.93 bits per heavy atom. The van der Waals surface area contributed by atoms with E-state index in [1.807, 2.05) is 11.0 Å². The van der Waals surface area contributed by atoms with Crippen LogP contribution in [0.5, 0.6) is 5.75 Å². The number of nitro benzene ring substituents is 1. The van der Waals surface area contributed by atoms with Crippen molar-refractivity contribution < 1.29 is 18.8 Å². The van der Waals surface area contributed by atoms with Crippen LogP contribution in [0, 0.1) is 15.9 Å². The SMILES string of the molecule is COc1ccc(NC(=O)C(C)N2CCN(Cc3ccccc3F)CC2)c([N+](=O)[O-])c1. The van der Waals surface area contributed by atoms with Gasteiger partial charge in [-0.3, -0.25) is 24.7 Å². The third kappa shape index (κ3) is 5.11. The Hall–Kier alpha value is -3.04. The number of amides is 1. The molecule has 0 saturated carbocycles. The van der Waals surface area contributed by atoms with Gasteiger partial charge in [-0.1, -0.05) is 18.2 Å². The third-order valence-corrected chi connectivity index (χ3v) is 5.35. The average molecular weight is 416 g/mol. The molecule has 0 spiro atoms. The van der Waals surface area contributed by atoms with Crippen molar-refractivity contribution in [1.82, 2.24) is 9.80 Å². The van der Waals surface area contributed by atoms with Gasteiger partial charge in [-0.05, 0) is 25.1 Å². The van der Waals surface area contributed by atoms with Crippen LogP contribution in [0.3, 0.4) is 0 Å². The molecule has 1 N–H and O–H groups in total. The van der Waals surface area contributed by atoms with Crippen LogP contribution in [0.1, 0.15) is 12.5 Å². The van der Waals surface area contributed by atoms with Crippen molar-refractivity contribution in [3.8, 4) is 5.75 Å². The number of anilines is 1. The number of nitro groups is 1. The van der Waals surface area contributed by atoms with Gasteiger partial charge in [0.25, 0.3) is 5.69 Å². The molecule has 1 fully saturated rings. The van der Waals surface area contributed by atoms with Crippen molar-refractivity contribution in [1.29, 1.82) is 0 Å². The number of rotatable bonds is 7. The first-order chi connectivity index (χ1) is 14.4. The molecular formula is C21H25FN4O4. The minimum Gasteiger partial charge on any atom is -0.496 e. The molecule has 8 nitrogen and oxygen atoms in total. The summed E-state index contributed by atoms with van der Waals surface area (Å²) in [5.41, 5.74) is 0.573. The van der Waals surface area contributed by atoms with Crippen molar-refractivity contribution in [3.63, 3.8) is 0 Å². The standard InChI is InChI=1S/C21H25FN4O4/c1-15(21(27)23-19-8-7-17(30-2)13-20(19)26(28)29)25-11-9-24(10-12-25)14-16-5-3-4-6-18(16)22/h3-8,13,15H,9-12,14H2,1-2H3,(H,23,27). The van der Waals surface area contributed by atoms with Crippen LogP contribution in [0.15, 0.2) is 42.5 Å². The van der Waals surface area contributed by atoms with E-state index >= 15 is 0 Å². The molecule has 160 valence electrons. The van der Waals surface area contributed by atoms with E-state index in [9.17, 15) is 19.3 Å². The van der Waals surface area contributed by atoms with E-state index in [0.29, 0.717) is 44.0 Å². The summed E-state index contributed by atoms with van der Waals surface area (Å²) < 4.78 is 18.9. The summed E-state index contributed by atoms with van der Waals surface area (Å²) in [7, 11) is 1.42. The maximum atomic E-state index is 13.9. The highest BCUT2D eigenvalue weighted by atomic mass is 19.1. The molecule has 30 heavy (non-hydrogen) atoms. The number of ether oxygens (including phenoxy) is 1. The predicted octanol–water partition coefficient (Wildman–Crippen LogP) is 2.89. The summed E-state index contributed by atoms with van der Waals surface area (Å²) in [6.07, 6.45) is 0. The molecule has 0 aliphatic carbocycles. The number of nitrogens with zero attached hydrogens (tertiary/aromatic N) is 3. The van der Waals surface area contributed by atoms with E-state index in [4.69, 9.17) is 4.74 Å². The van der Waals surface area contributed by atoms with Gasteiger partial charge in [0.2, 0.25) is 5.91 Å². The highest BCUT2D eigenvalue weighted by Gasteiger charge is 2.27. The molecule has 1 aliphatic rings. The Morgan fingerprint density at radius 1 is 1.23 bits per heavy atom. The highest BCUT2D eigenvalue weighted by molar-refractivity contribution is 5.96. The zero-order valence-corrected chi connectivity index (χ0v) is 17.0. The van der Waals surface area contributed by atoms with Crippen molar-refractivity contribution in [2.24, 2.45) is 0 Å². The van der Waals surface area contributed by atoms with Gasteiger partial charge in [0.15, 0.2) is 0 Å². The number of hydrogen-bond donors (Lipinski definition) is 1. The van der Waals surface area contributed by atoms with Crippen LogP contribution < -0.4 is 10.1 Å². The zero-order valence-electron chi connectivity index (χ0n) is 17.0. The second-order valence-electron chi connectivity index (χ2n) is 7.21. The van der Waals surface area contributed by atoms with Gasteiger partial charge in [0.1, 0.15) is 17.3 Å². The van der Waals surface area contributed by atoms with Crippen molar-refractivity contribution in [3.05, 3.63) is 64.0 Å². The van der Waals surface area contributed by atoms with Crippen molar-refractivity contribution in [2.75, 3.05) is 38.6 Å². The smallest absolute Gasteiger partial charge is 0.296 e. The number of benzene rings is 2. The van der Waals surface area contributed by atoms with Crippen LogP contribution in [-0.4, -0.2) is 60.0 Å². The van der Waals surface area contributed by atoms with Crippen molar-refractivity contribution >= 4 is 17.3 Å². The van der Waals surface area contributed by atoms with Gasteiger partial charge in [-0.2, -0.15) is 0 Å². The fourth-order valence-electron chi connectivity index (χ4n) is 3.47. The van der Waals surface area contributed by atoms with Gasteiger partial charge in [0, 0.05) is 38.3 Å². The summed E-state index contributed by atoms with van der Waals surface area (Å²) in [6.45, 7) is 5.00. The molecule has 0 radical (unpaired) electrons. The minimum atomic E-state index is -0.551. The predicted molar refractivity (Wildman–Crippen MR) is 111 cm³/mol. The second kappa shape index (κ2) is 9.64. The fraction of sp³-hybridized carbons (Fsp3) is 0.381. The van der Waals surface area contributed by atoms with Gasteiger partial charge < -0.3 is 10.1 Å². The number of halogens is 1. The number of methoxy groups -OCH3 is 1. The average Bonchev–Trinajstić information content (AvgIpc) is 2.75. The summed E-state index contributed by atoms with van der Waals surface area (Å²) in [6, 6.07) is 10.6. The molecule has 1 amide bonds. The summed E-state index contributed by atoms with van der Waals surface area (Å²) in [4.78, 5) is 27.6. The lowest BCUT2D eigenvalue weighted by atomic mass is 10.1. The van der Waals surface area contributed by atoms with E-state index in [-0.39, 0.29) is 23.1 Å². The Labute approximate surface area is 174 Å². The number of carbonyl (C=O) groups is 1. The highest BCUT2D eigenvalue weighted by Crippen LogP contribution is 2.29. The molecule has 1 atom stereocenters. The van der Waals surface area contributed by atoms with E-state index in [1.54, 1.807) is 25.1 Å². The van der Waals surface area contributed by atoms with Crippen LogP contribution in [-0.2, 0) is 11.3 Å². The quantitative estimate of drug-likeness (QED) is 0.552. The topological polar surface area (TPSA) is 88.0 Å². The lowest BCUT2D eigenvalue weighted by molar-refractivity contribution is -0.384. The van der Waals surface area contributed by atoms with E-state index < -0.39 is 11.0 Å². The van der Waals surface area contributed by atoms with Gasteiger partial charge >= 0.3 is 0 Å². The van der Waals surface area contributed by atoms with Gasteiger partial charge in [-0.15, -0.1) is 0 Å². The maximum Gasteiger partial charge on any atom is 0.296 e. The third-order valence-electron chi connectivity index (χ3n) is 5.35. The molecule has 0 bridgehead atoms. The molecule has 9 heteroatoms. The summed E-state index contributed by atoms with van der Waals surface area (Å²) in [5, 5.41) is 14.0. The van der Waals surface area contributed by atoms with Crippen LogP contribution >= 0.6 is 0 Å². The van der Waals surface area contributed by atoms with Crippen LogP contribution in [0.2, 0.25) is 0 Å². The molecule has 2 aromatic carbocycles. The molecule has 1 unspecified atom stereocenters. The molecule has 0 aromatic heterocycles. The number of nitrogens with one attached hydrogen (secondary N) is 1. The Bertz CT molecular complexity index is 916. The largest absolute Gasteiger partial charge is 0.496 e. The van der Waals surface area contributed by atoms with Gasteiger partial charge in [-0.25, -0.2) is 4.39 Å². The molecular weight excluding hydrogens is 391 g/mol. The van der Waals surface area contributed by atoms with Crippen molar-refractivity contribution in [2.45, 2.75) is 19.5 Å². The molecule has 3 rings (SSSR count). The lowest BCUT2D eigenvalue weighted by Crippen LogP contribution is -2.52. The van der Waals surface area contributed by atoms with Crippen LogP contribution in [0.25, 0.3) is 0 Å². The number of hydrogen-bond acceptors (Lipinski definition) is 6. The normalized spacial score (nSPS) is 16.1. The number of carbonyl (C=O) groups excluding carboxylic acids is 1.